The van der Waals surface area contributed by atoms with Gasteiger partial charge in [-0.25, -0.2) is 0 Å². The molecule has 0 saturated heterocycles. The minimum atomic E-state index is -4.96. The van der Waals surface area contributed by atoms with Crippen molar-refractivity contribution in [3.05, 3.63) is 82.8 Å². The first kappa shape index (κ1) is 19.5. The second kappa shape index (κ2) is 7.06. The highest BCUT2D eigenvalue weighted by atomic mass is 19.4. The van der Waals surface area contributed by atoms with Gasteiger partial charge in [0, 0.05) is 17.7 Å². The molecule has 3 nitrogen and oxygen atoms in total. The van der Waals surface area contributed by atoms with Crippen LogP contribution in [-0.2, 0) is 12.4 Å². The van der Waals surface area contributed by atoms with Crippen molar-refractivity contribution in [3.8, 4) is 11.3 Å². The van der Waals surface area contributed by atoms with E-state index in [0.717, 1.165) is 6.21 Å². The third-order valence-corrected chi connectivity index (χ3v) is 3.75. The first-order valence-electron chi connectivity index (χ1n) is 7.80. The van der Waals surface area contributed by atoms with Crippen molar-refractivity contribution in [1.29, 1.82) is 0 Å². The smallest absolute Gasteiger partial charge is 0.416 e. The average molecular weight is 399 g/mol. The van der Waals surface area contributed by atoms with Crippen molar-refractivity contribution in [3.63, 3.8) is 0 Å². The lowest BCUT2D eigenvalue weighted by Crippen LogP contribution is -2.11. The maximum Gasteiger partial charge on any atom is 0.416 e. The van der Waals surface area contributed by atoms with Crippen molar-refractivity contribution in [2.24, 2.45) is 0 Å². The zero-order valence-electron chi connectivity index (χ0n) is 13.9. The Morgan fingerprint density at radius 1 is 0.786 bits per heavy atom. The van der Waals surface area contributed by atoms with E-state index < -0.39 is 29.0 Å². The maximum atomic E-state index is 13.0. The molecule has 1 aromatic heterocycles. The van der Waals surface area contributed by atoms with E-state index in [1.54, 1.807) is 18.2 Å². The predicted molar refractivity (Wildman–Crippen MR) is 89.0 cm³/mol. The average Bonchev–Trinajstić information content (AvgIpc) is 3.09. The van der Waals surface area contributed by atoms with Gasteiger partial charge in [0.05, 0.1) is 11.1 Å². The summed E-state index contributed by atoms with van der Waals surface area (Å²) in [5, 5.41) is 12.0. The van der Waals surface area contributed by atoms with E-state index in [2.05, 4.69) is 0 Å². The fourth-order valence-corrected chi connectivity index (χ4v) is 2.44. The van der Waals surface area contributed by atoms with Gasteiger partial charge in [-0.3, -0.25) is 0 Å². The van der Waals surface area contributed by atoms with Crippen LogP contribution in [0.25, 0.3) is 11.3 Å². The van der Waals surface area contributed by atoms with Gasteiger partial charge in [0.1, 0.15) is 5.76 Å². The molecule has 146 valence electrons. The predicted octanol–water partition coefficient (Wildman–Crippen LogP) is 6.25. The number of halogens is 6. The Labute approximate surface area is 154 Å². The summed E-state index contributed by atoms with van der Waals surface area (Å²) in [4.78, 5) is 0. The minimum absolute atomic E-state index is 0.0279. The molecule has 9 heteroatoms. The number of nitrogens with zero attached hydrogens (tertiary/aromatic N) is 1. The number of hydrogen-bond acceptors (Lipinski definition) is 2. The summed E-state index contributed by atoms with van der Waals surface area (Å²) in [5.41, 5.74) is -3.03. The quantitative estimate of drug-likeness (QED) is 0.172. The second-order valence-corrected chi connectivity index (χ2v) is 5.79. The van der Waals surface area contributed by atoms with Gasteiger partial charge in [0.25, 0.3) is 0 Å². The first-order valence-corrected chi connectivity index (χ1v) is 7.80. The summed E-state index contributed by atoms with van der Waals surface area (Å²) in [6.07, 6.45) is -8.90. The number of furan rings is 1. The zero-order valence-corrected chi connectivity index (χ0v) is 13.9. The molecular weight excluding hydrogens is 388 g/mol. The molecule has 0 aliphatic heterocycles. The molecule has 28 heavy (non-hydrogen) atoms. The van der Waals surface area contributed by atoms with Crippen molar-refractivity contribution in [2.45, 2.75) is 12.4 Å². The van der Waals surface area contributed by atoms with Crippen LogP contribution in [0.4, 0.5) is 32.0 Å². The second-order valence-electron chi connectivity index (χ2n) is 5.79. The van der Waals surface area contributed by atoms with Crippen LogP contribution >= 0.6 is 0 Å². The molecule has 0 unspecified atom stereocenters. The normalized spacial score (nSPS) is 13.0. The van der Waals surface area contributed by atoms with E-state index in [9.17, 15) is 31.5 Å². The molecule has 1 heterocycles. The lowest BCUT2D eigenvalue weighted by Gasteiger charge is -2.13. The maximum absolute atomic E-state index is 13.0. The van der Waals surface area contributed by atoms with Crippen LogP contribution in [0.2, 0.25) is 0 Å². The van der Waals surface area contributed by atoms with Crippen LogP contribution in [-0.4, -0.2) is 11.0 Å². The van der Waals surface area contributed by atoms with E-state index in [0.29, 0.717) is 16.9 Å². The third-order valence-electron chi connectivity index (χ3n) is 3.75. The van der Waals surface area contributed by atoms with Crippen molar-refractivity contribution in [1.82, 2.24) is 0 Å². The standard InChI is InChI=1S/C19H11F6NO2/c20-18(21,22)13-8-12(9-14(10-13)19(23,24)25)17-7-6-16(28-17)11-26(27)15-4-2-1-3-5-15/h1-11H/b26-11-. The fraction of sp³-hybridized carbons (Fsp3) is 0.105. The molecule has 0 saturated carbocycles. The van der Waals surface area contributed by atoms with E-state index in [4.69, 9.17) is 4.42 Å². The number of hydrogen-bond donors (Lipinski definition) is 0. The van der Waals surface area contributed by atoms with Gasteiger partial charge in [-0.05, 0) is 30.3 Å². The van der Waals surface area contributed by atoms with Crippen LogP contribution in [0.15, 0.2) is 65.1 Å². The lowest BCUT2D eigenvalue weighted by molar-refractivity contribution is -0.354. The Balaban J connectivity index is 2.01. The van der Waals surface area contributed by atoms with Crippen molar-refractivity contribution < 1.29 is 35.5 Å². The molecule has 0 N–H and O–H groups in total. The van der Waals surface area contributed by atoms with Crippen LogP contribution < -0.4 is 0 Å². The Bertz CT molecular complexity index is 971. The van der Waals surface area contributed by atoms with E-state index in [1.165, 1.54) is 24.3 Å². The molecule has 0 bridgehead atoms. The fourth-order valence-electron chi connectivity index (χ4n) is 2.44. The summed E-state index contributed by atoms with van der Waals surface area (Å²) >= 11 is 0. The van der Waals surface area contributed by atoms with Gasteiger partial charge in [0.15, 0.2) is 5.76 Å². The van der Waals surface area contributed by atoms with Crippen LogP contribution in [0.5, 0.6) is 0 Å². The molecule has 0 radical (unpaired) electrons. The van der Waals surface area contributed by atoms with E-state index in [-0.39, 0.29) is 23.3 Å². The van der Waals surface area contributed by atoms with Gasteiger partial charge < -0.3 is 9.62 Å². The van der Waals surface area contributed by atoms with Crippen LogP contribution in [0.1, 0.15) is 16.9 Å². The molecule has 0 aliphatic carbocycles. The molecule has 0 aliphatic rings. The summed E-state index contributed by atoms with van der Waals surface area (Å²) in [6, 6.07) is 11.6. The number of alkyl halides is 6. The van der Waals surface area contributed by atoms with Gasteiger partial charge >= 0.3 is 12.4 Å². The molecule has 3 aromatic rings. The summed E-state index contributed by atoms with van der Waals surface area (Å²) < 4.78 is 83.5. The van der Waals surface area contributed by atoms with E-state index >= 15 is 0 Å². The molecule has 0 amide bonds. The Kier molecular flexibility index (Phi) is 4.93. The largest absolute Gasteiger partial charge is 0.618 e. The summed E-state index contributed by atoms with van der Waals surface area (Å²) in [7, 11) is 0. The van der Waals surface area contributed by atoms with Gasteiger partial charge in [-0.2, -0.15) is 31.1 Å². The minimum Gasteiger partial charge on any atom is -0.618 e. The summed E-state index contributed by atoms with van der Waals surface area (Å²) in [5.74, 6) is -0.260. The highest BCUT2D eigenvalue weighted by Crippen LogP contribution is 2.38. The Hall–Kier alpha value is -3.23. The number of benzene rings is 2. The molecular formula is C19H11F6NO2. The number of para-hydroxylation sites is 1. The number of rotatable bonds is 3. The molecule has 0 atom stereocenters. The van der Waals surface area contributed by atoms with Crippen molar-refractivity contribution >= 4 is 11.9 Å². The Morgan fingerprint density at radius 3 is 1.89 bits per heavy atom. The highest BCUT2D eigenvalue weighted by Gasteiger charge is 2.37. The molecule has 0 spiro atoms. The topological polar surface area (TPSA) is 39.2 Å². The van der Waals surface area contributed by atoms with Crippen LogP contribution in [0, 0.1) is 5.21 Å². The monoisotopic (exact) mass is 399 g/mol. The zero-order chi connectivity index (χ0) is 20.5. The molecule has 3 rings (SSSR count). The first-order chi connectivity index (χ1) is 13.0. The van der Waals surface area contributed by atoms with E-state index in [1.807, 2.05) is 0 Å². The van der Waals surface area contributed by atoms with Gasteiger partial charge in [0.2, 0.25) is 11.9 Å². The van der Waals surface area contributed by atoms with Gasteiger partial charge in [-0.15, -0.1) is 0 Å². The van der Waals surface area contributed by atoms with Gasteiger partial charge in [-0.1, -0.05) is 18.2 Å². The van der Waals surface area contributed by atoms with Crippen LogP contribution in [0.3, 0.4) is 0 Å². The Morgan fingerprint density at radius 2 is 1.36 bits per heavy atom. The lowest BCUT2D eigenvalue weighted by atomic mass is 10.0. The highest BCUT2D eigenvalue weighted by molar-refractivity contribution is 5.75. The third kappa shape index (κ3) is 4.36. The SMILES string of the molecule is [O-]/[N+](=C\c1ccc(-c2cc(C(F)(F)F)cc(C(F)(F)F)c2)o1)c1ccccc1. The molecule has 0 fully saturated rings. The summed E-state index contributed by atoms with van der Waals surface area (Å²) in [6.45, 7) is 0. The molecule has 2 aromatic carbocycles. The van der Waals surface area contributed by atoms with Crippen molar-refractivity contribution in [2.75, 3.05) is 0 Å².